The average Bonchev–Trinajstić information content (AvgIpc) is 2.68. The van der Waals surface area contributed by atoms with Crippen LogP contribution in [-0.2, 0) is 14.3 Å². The first-order valence-corrected chi connectivity index (χ1v) is 8.74. The number of likely N-dealkylation sites (tertiary alicyclic amines) is 1. The number of hydrogen-bond acceptors (Lipinski definition) is 6. The molecule has 2 rings (SSSR count). The van der Waals surface area contributed by atoms with Crippen molar-refractivity contribution < 1.29 is 28.6 Å². The summed E-state index contributed by atoms with van der Waals surface area (Å²) >= 11 is 0. The highest BCUT2D eigenvalue weighted by Crippen LogP contribution is 2.28. The summed E-state index contributed by atoms with van der Waals surface area (Å²) in [5.74, 6) is -0.561. The van der Waals surface area contributed by atoms with Crippen molar-refractivity contribution in [3.8, 4) is 11.5 Å². The van der Waals surface area contributed by atoms with E-state index in [1.165, 1.54) is 14.2 Å². The number of piperidine rings is 1. The minimum Gasteiger partial charge on any atom is -0.497 e. The maximum Gasteiger partial charge on any atom is 0.409 e. The van der Waals surface area contributed by atoms with Gasteiger partial charge in [-0.1, -0.05) is 0 Å². The number of carbonyl (C=O) groups excluding carboxylic acids is 3. The number of nitrogens with zero attached hydrogens (tertiary/aromatic N) is 1. The van der Waals surface area contributed by atoms with Crippen LogP contribution in [0.3, 0.4) is 0 Å². The molecule has 9 nitrogen and oxygen atoms in total. The van der Waals surface area contributed by atoms with Crippen LogP contribution in [0.1, 0.15) is 19.8 Å². The van der Waals surface area contributed by atoms with Crippen molar-refractivity contribution in [1.82, 2.24) is 10.2 Å². The minimum atomic E-state index is -0.786. The Morgan fingerprint density at radius 1 is 1.11 bits per heavy atom. The Morgan fingerprint density at radius 2 is 1.81 bits per heavy atom. The highest BCUT2D eigenvalue weighted by molar-refractivity contribution is 6.39. The maximum atomic E-state index is 12.2. The summed E-state index contributed by atoms with van der Waals surface area (Å²) in [6.07, 6.45) is 0.763. The zero-order chi connectivity index (χ0) is 19.8. The van der Waals surface area contributed by atoms with Gasteiger partial charge in [0.2, 0.25) is 0 Å². The van der Waals surface area contributed by atoms with Crippen molar-refractivity contribution >= 4 is 23.6 Å². The van der Waals surface area contributed by atoms with Gasteiger partial charge in [-0.2, -0.15) is 0 Å². The van der Waals surface area contributed by atoms with Gasteiger partial charge >= 0.3 is 17.9 Å². The molecule has 2 N–H and O–H groups in total. The molecule has 0 aliphatic carbocycles. The minimum absolute atomic E-state index is 0.174. The predicted molar refractivity (Wildman–Crippen MR) is 97.9 cm³/mol. The lowest BCUT2D eigenvalue weighted by Crippen LogP contribution is -2.49. The van der Waals surface area contributed by atoms with Crippen molar-refractivity contribution in [2.45, 2.75) is 25.8 Å². The average molecular weight is 379 g/mol. The molecule has 1 heterocycles. The highest BCUT2D eigenvalue weighted by atomic mass is 16.6. The van der Waals surface area contributed by atoms with Crippen molar-refractivity contribution in [2.24, 2.45) is 0 Å². The summed E-state index contributed by atoms with van der Waals surface area (Å²) in [7, 11) is 2.98. The topological polar surface area (TPSA) is 106 Å². The molecule has 148 valence electrons. The van der Waals surface area contributed by atoms with Crippen molar-refractivity contribution in [3.05, 3.63) is 18.2 Å². The van der Waals surface area contributed by atoms with E-state index in [9.17, 15) is 14.4 Å². The third kappa shape index (κ3) is 5.50. The van der Waals surface area contributed by atoms with Crippen LogP contribution in [-0.4, -0.2) is 62.8 Å². The molecule has 0 bridgehead atoms. The smallest absolute Gasteiger partial charge is 0.409 e. The van der Waals surface area contributed by atoms with Crippen LogP contribution in [0, 0.1) is 0 Å². The first-order chi connectivity index (χ1) is 13.0. The number of rotatable bonds is 5. The van der Waals surface area contributed by atoms with Crippen molar-refractivity contribution in [3.63, 3.8) is 0 Å². The third-order valence-corrected chi connectivity index (χ3v) is 4.22. The zero-order valence-electron chi connectivity index (χ0n) is 15.7. The Hall–Kier alpha value is -2.97. The fraction of sp³-hybridized carbons (Fsp3) is 0.500. The summed E-state index contributed by atoms with van der Waals surface area (Å²) in [4.78, 5) is 37.6. The van der Waals surface area contributed by atoms with Crippen LogP contribution in [0.2, 0.25) is 0 Å². The largest absolute Gasteiger partial charge is 0.497 e. The molecule has 0 spiro atoms. The molecule has 1 saturated heterocycles. The van der Waals surface area contributed by atoms with E-state index in [0.717, 1.165) is 0 Å². The molecule has 0 aromatic heterocycles. The highest BCUT2D eigenvalue weighted by Gasteiger charge is 2.26. The van der Waals surface area contributed by atoms with Crippen LogP contribution < -0.4 is 20.1 Å². The van der Waals surface area contributed by atoms with Gasteiger partial charge in [0.25, 0.3) is 0 Å². The van der Waals surface area contributed by atoms with Crippen LogP contribution in [0.5, 0.6) is 11.5 Å². The SMILES string of the molecule is CCOC(=O)N1CCC(NC(=O)C(=O)Nc2ccc(OC)cc2OC)CC1. The second-order valence-corrected chi connectivity index (χ2v) is 5.95. The first kappa shape index (κ1) is 20.3. The molecule has 0 radical (unpaired) electrons. The number of ether oxygens (including phenoxy) is 3. The molecule has 27 heavy (non-hydrogen) atoms. The summed E-state index contributed by atoms with van der Waals surface area (Å²) in [5.41, 5.74) is 0.371. The Balaban J connectivity index is 1.86. The van der Waals surface area contributed by atoms with E-state index in [1.807, 2.05) is 0 Å². The third-order valence-electron chi connectivity index (χ3n) is 4.22. The lowest BCUT2D eigenvalue weighted by Gasteiger charge is -2.31. The Bertz CT molecular complexity index is 686. The van der Waals surface area contributed by atoms with Gasteiger partial charge in [0.1, 0.15) is 11.5 Å². The fourth-order valence-electron chi connectivity index (χ4n) is 2.75. The maximum absolute atomic E-state index is 12.2. The number of amides is 3. The van der Waals surface area contributed by atoms with Gasteiger partial charge < -0.3 is 29.7 Å². The van der Waals surface area contributed by atoms with Gasteiger partial charge in [0.05, 0.1) is 26.5 Å². The van der Waals surface area contributed by atoms with Crippen LogP contribution in [0.4, 0.5) is 10.5 Å². The molecule has 1 aromatic rings. The van der Waals surface area contributed by atoms with E-state index < -0.39 is 11.8 Å². The molecule has 1 fully saturated rings. The Kier molecular flexibility index (Phi) is 7.27. The van der Waals surface area contributed by atoms with Crippen molar-refractivity contribution in [1.29, 1.82) is 0 Å². The van der Waals surface area contributed by atoms with Gasteiger partial charge in [-0.3, -0.25) is 9.59 Å². The van der Waals surface area contributed by atoms with Crippen LogP contribution in [0.15, 0.2) is 18.2 Å². The first-order valence-electron chi connectivity index (χ1n) is 8.74. The second kappa shape index (κ2) is 9.65. The molecule has 1 aromatic carbocycles. The zero-order valence-corrected chi connectivity index (χ0v) is 15.7. The van der Waals surface area contributed by atoms with E-state index >= 15 is 0 Å². The van der Waals surface area contributed by atoms with E-state index in [4.69, 9.17) is 14.2 Å². The molecule has 3 amide bonds. The van der Waals surface area contributed by atoms with Gasteiger partial charge in [-0.15, -0.1) is 0 Å². The lowest BCUT2D eigenvalue weighted by molar-refractivity contribution is -0.136. The summed E-state index contributed by atoms with van der Waals surface area (Å²) < 4.78 is 15.2. The number of nitrogens with one attached hydrogen (secondary N) is 2. The van der Waals surface area contributed by atoms with Gasteiger partial charge in [0.15, 0.2) is 0 Å². The van der Waals surface area contributed by atoms with Gasteiger partial charge in [-0.05, 0) is 31.9 Å². The number of hydrogen-bond donors (Lipinski definition) is 2. The van der Waals surface area contributed by atoms with E-state index in [1.54, 1.807) is 30.0 Å². The molecule has 1 aliphatic rings. The predicted octanol–water partition coefficient (Wildman–Crippen LogP) is 1.38. The van der Waals surface area contributed by atoms with Crippen LogP contribution in [0.25, 0.3) is 0 Å². The Labute approximate surface area is 157 Å². The number of carbonyl (C=O) groups is 3. The fourth-order valence-corrected chi connectivity index (χ4v) is 2.75. The van der Waals surface area contributed by atoms with E-state index in [-0.39, 0.29) is 12.1 Å². The van der Waals surface area contributed by atoms with Crippen LogP contribution >= 0.6 is 0 Å². The molecule has 0 unspecified atom stereocenters. The second-order valence-electron chi connectivity index (χ2n) is 5.95. The van der Waals surface area contributed by atoms with Gasteiger partial charge in [-0.25, -0.2) is 4.79 Å². The van der Waals surface area contributed by atoms with E-state index in [2.05, 4.69) is 10.6 Å². The quantitative estimate of drug-likeness (QED) is 0.749. The summed E-state index contributed by atoms with van der Waals surface area (Å²) in [5, 5.41) is 5.22. The molecule has 1 aliphatic heterocycles. The molecule has 9 heteroatoms. The summed E-state index contributed by atoms with van der Waals surface area (Å²) in [6, 6.07) is 4.69. The summed E-state index contributed by atoms with van der Waals surface area (Å²) in [6.45, 7) is 3.02. The van der Waals surface area contributed by atoms with Crippen molar-refractivity contribution in [2.75, 3.05) is 39.2 Å². The lowest BCUT2D eigenvalue weighted by atomic mass is 10.1. The monoisotopic (exact) mass is 379 g/mol. The van der Waals surface area contributed by atoms with Gasteiger partial charge in [0, 0.05) is 25.2 Å². The normalized spacial score (nSPS) is 14.3. The standard InChI is InChI=1S/C18H25N3O6/c1-4-27-18(24)21-9-7-12(8-10-21)19-16(22)17(23)20-14-6-5-13(25-2)11-15(14)26-3/h5-6,11-12H,4,7-10H2,1-3H3,(H,19,22)(H,20,23). The molecule has 0 atom stereocenters. The molecule has 0 saturated carbocycles. The molecular formula is C18H25N3O6. The van der Waals surface area contributed by atoms with E-state index in [0.29, 0.717) is 49.7 Å². The number of benzene rings is 1. The molecular weight excluding hydrogens is 354 g/mol. The Morgan fingerprint density at radius 3 is 2.41 bits per heavy atom. The number of anilines is 1. The number of methoxy groups -OCH3 is 2.